The zero-order valence-electron chi connectivity index (χ0n) is 16.8. The van der Waals surface area contributed by atoms with E-state index in [4.69, 9.17) is 16.3 Å². The summed E-state index contributed by atoms with van der Waals surface area (Å²) in [7, 11) is 0. The first-order chi connectivity index (χ1) is 12.7. The first-order valence-corrected chi connectivity index (χ1v) is 11.4. The van der Waals surface area contributed by atoms with Crippen LogP contribution >= 0.6 is 11.6 Å². The van der Waals surface area contributed by atoms with E-state index in [2.05, 4.69) is 6.92 Å². The molecular formula is C22H39ClO3. The molecular weight excluding hydrogens is 348 g/mol. The van der Waals surface area contributed by atoms with Crippen molar-refractivity contribution in [2.45, 2.75) is 110 Å². The summed E-state index contributed by atoms with van der Waals surface area (Å²) in [5.74, 6) is -0.863. The minimum absolute atomic E-state index is 0.216. The minimum Gasteiger partial charge on any atom is -0.465 e. The van der Waals surface area contributed by atoms with E-state index in [0.29, 0.717) is 6.61 Å². The Labute approximate surface area is 165 Å². The van der Waals surface area contributed by atoms with E-state index in [-0.39, 0.29) is 23.0 Å². The number of unbranched alkanes of at least 4 members (excludes halogenated alkanes) is 11. The summed E-state index contributed by atoms with van der Waals surface area (Å²) < 4.78 is 5.40. The van der Waals surface area contributed by atoms with Gasteiger partial charge in [0, 0.05) is 5.92 Å². The van der Waals surface area contributed by atoms with Crippen molar-refractivity contribution in [1.82, 2.24) is 0 Å². The van der Waals surface area contributed by atoms with Crippen LogP contribution in [-0.4, -0.2) is 17.8 Å². The van der Waals surface area contributed by atoms with Crippen LogP contribution in [0.15, 0.2) is 0 Å². The summed E-state index contributed by atoms with van der Waals surface area (Å²) in [5, 5.41) is -0.378. The number of hydrogen-bond acceptors (Lipinski definition) is 3. The van der Waals surface area contributed by atoms with Gasteiger partial charge in [0.25, 0.3) is 0 Å². The maximum atomic E-state index is 12.2. The first-order valence-electron chi connectivity index (χ1n) is 11.0. The van der Waals surface area contributed by atoms with Gasteiger partial charge in [-0.15, -0.1) is 0 Å². The topological polar surface area (TPSA) is 43.4 Å². The van der Waals surface area contributed by atoms with Gasteiger partial charge in [-0.2, -0.15) is 0 Å². The molecule has 0 heterocycles. The van der Waals surface area contributed by atoms with Crippen molar-refractivity contribution in [3.8, 4) is 0 Å². The van der Waals surface area contributed by atoms with Crippen molar-refractivity contribution in [3.05, 3.63) is 0 Å². The van der Waals surface area contributed by atoms with Gasteiger partial charge in [-0.05, 0) is 30.9 Å². The van der Waals surface area contributed by atoms with E-state index in [0.717, 1.165) is 38.5 Å². The number of carbonyl (C=O) groups is 2. The van der Waals surface area contributed by atoms with Crippen LogP contribution in [0.1, 0.15) is 110 Å². The molecule has 1 aliphatic carbocycles. The van der Waals surface area contributed by atoms with Gasteiger partial charge in [0.15, 0.2) is 0 Å². The number of halogens is 1. The van der Waals surface area contributed by atoms with E-state index in [1.807, 2.05) is 0 Å². The van der Waals surface area contributed by atoms with E-state index in [9.17, 15) is 9.59 Å². The Morgan fingerprint density at radius 3 is 1.73 bits per heavy atom. The highest BCUT2D eigenvalue weighted by Gasteiger charge is 2.35. The second-order valence-corrected chi connectivity index (χ2v) is 8.23. The van der Waals surface area contributed by atoms with Crippen molar-refractivity contribution in [1.29, 1.82) is 0 Å². The second-order valence-electron chi connectivity index (χ2n) is 7.86. The van der Waals surface area contributed by atoms with Gasteiger partial charge in [-0.25, -0.2) is 0 Å². The summed E-state index contributed by atoms with van der Waals surface area (Å²) in [4.78, 5) is 23.6. The molecule has 1 fully saturated rings. The second kappa shape index (κ2) is 15.5. The molecule has 0 bridgehead atoms. The number of carbonyl (C=O) groups excluding carboxylic acids is 2. The van der Waals surface area contributed by atoms with E-state index < -0.39 is 0 Å². The smallest absolute Gasteiger partial charge is 0.309 e. The minimum atomic E-state index is -0.378. The molecule has 152 valence electrons. The molecule has 0 spiro atoms. The molecule has 0 aromatic heterocycles. The molecule has 1 rings (SSSR count). The molecule has 0 aromatic rings. The fraction of sp³-hybridized carbons (Fsp3) is 0.909. The molecule has 0 saturated heterocycles. The third kappa shape index (κ3) is 10.5. The zero-order valence-corrected chi connectivity index (χ0v) is 17.5. The van der Waals surface area contributed by atoms with Gasteiger partial charge in [0.1, 0.15) is 0 Å². The molecule has 3 nitrogen and oxygen atoms in total. The van der Waals surface area contributed by atoms with Crippen LogP contribution in [0, 0.1) is 11.8 Å². The summed E-state index contributed by atoms with van der Waals surface area (Å²) >= 11 is 5.63. The van der Waals surface area contributed by atoms with Gasteiger partial charge >= 0.3 is 5.97 Å². The lowest BCUT2D eigenvalue weighted by molar-refractivity contribution is -0.153. The van der Waals surface area contributed by atoms with E-state index >= 15 is 0 Å². The summed E-state index contributed by atoms with van der Waals surface area (Å²) in [6, 6.07) is 0. The van der Waals surface area contributed by atoms with Crippen LogP contribution in [0.5, 0.6) is 0 Å². The van der Waals surface area contributed by atoms with Crippen molar-refractivity contribution in [3.63, 3.8) is 0 Å². The molecule has 4 heteroatoms. The fourth-order valence-electron chi connectivity index (χ4n) is 3.91. The molecule has 0 amide bonds. The number of rotatable bonds is 15. The van der Waals surface area contributed by atoms with Gasteiger partial charge in [-0.3, -0.25) is 9.59 Å². The van der Waals surface area contributed by atoms with Crippen molar-refractivity contribution in [2.75, 3.05) is 6.61 Å². The van der Waals surface area contributed by atoms with Gasteiger partial charge in [0.05, 0.1) is 12.5 Å². The zero-order chi connectivity index (χ0) is 19.0. The lowest BCUT2D eigenvalue weighted by atomic mass is 9.80. The quantitative estimate of drug-likeness (QED) is 0.176. The van der Waals surface area contributed by atoms with Crippen LogP contribution < -0.4 is 0 Å². The maximum absolute atomic E-state index is 12.2. The Morgan fingerprint density at radius 1 is 0.769 bits per heavy atom. The predicted octanol–water partition coefficient (Wildman–Crippen LogP) is 6.80. The van der Waals surface area contributed by atoms with Crippen LogP contribution in [0.2, 0.25) is 0 Å². The average Bonchev–Trinajstić information content (AvgIpc) is 2.65. The average molecular weight is 387 g/mol. The van der Waals surface area contributed by atoms with Gasteiger partial charge < -0.3 is 4.74 Å². The Kier molecular flexibility index (Phi) is 14.0. The van der Waals surface area contributed by atoms with E-state index in [1.165, 1.54) is 64.2 Å². The Morgan fingerprint density at radius 2 is 1.23 bits per heavy atom. The number of hydrogen-bond donors (Lipinski definition) is 0. The lowest BCUT2D eigenvalue weighted by Gasteiger charge is -2.27. The molecule has 1 aliphatic rings. The van der Waals surface area contributed by atoms with Crippen LogP contribution in [-0.2, 0) is 14.3 Å². The maximum Gasteiger partial charge on any atom is 0.309 e. The SMILES string of the molecule is CCCCCCCCCCCCCCOC(=O)[C@H]1CCCC[C@H]1C(=O)Cl. The van der Waals surface area contributed by atoms with Crippen molar-refractivity contribution in [2.24, 2.45) is 11.8 Å². The molecule has 0 aromatic carbocycles. The molecule has 0 aliphatic heterocycles. The Hall–Kier alpha value is -0.570. The highest BCUT2D eigenvalue weighted by Crippen LogP contribution is 2.32. The predicted molar refractivity (Wildman–Crippen MR) is 108 cm³/mol. The number of esters is 1. The highest BCUT2D eigenvalue weighted by molar-refractivity contribution is 6.64. The summed E-state index contributed by atoms with van der Waals surface area (Å²) in [6.07, 6.45) is 18.9. The largest absolute Gasteiger partial charge is 0.465 e. The molecule has 0 N–H and O–H groups in total. The standard InChI is InChI=1S/C22H39ClO3/c1-2-3-4-5-6-7-8-9-10-11-12-15-18-26-22(25)20-17-14-13-16-19(20)21(23)24/h19-20H,2-18H2,1H3/t19-,20+/m1/s1. The summed E-state index contributed by atoms with van der Waals surface area (Å²) in [5.41, 5.74) is 0. The highest BCUT2D eigenvalue weighted by atomic mass is 35.5. The van der Waals surface area contributed by atoms with Crippen molar-refractivity contribution >= 4 is 22.8 Å². The molecule has 26 heavy (non-hydrogen) atoms. The normalized spacial score (nSPS) is 20.1. The Bertz CT molecular complexity index is 384. The third-order valence-corrected chi connectivity index (χ3v) is 5.88. The van der Waals surface area contributed by atoms with Crippen LogP contribution in [0.3, 0.4) is 0 Å². The van der Waals surface area contributed by atoms with E-state index in [1.54, 1.807) is 0 Å². The van der Waals surface area contributed by atoms with Crippen molar-refractivity contribution < 1.29 is 14.3 Å². The van der Waals surface area contributed by atoms with Crippen LogP contribution in [0.4, 0.5) is 0 Å². The Balaban J connectivity index is 1.93. The molecule has 1 saturated carbocycles. The monoisotopic (exact) mass is 386 g/mol. The first kappa shape index (κ1) is 23.5. The molecule has 0 unspecified atom stereocenters. The summed E-state index contributed by atoms with van der Waals surface area (Å²) in [6.45, 7) is 2.74. The third-order valence-electron chi connectivity index (χ3n) is 5.60. The van der Waals surface area contributed by atoms with Crippen LogP contribution in [0.25, 0.3) is 0 Å². The van der Waals surface area contributed by atoms with Gasteiger partial charge in [-0.1, -0.05) is 90.4 Å². The van der Waals surface area contributed by atoms with Gasteiger partial charge in [0.2, 0.25) is 5.24 Å². The fourth-order valence-corrected chi connectivity index (χ4v) is 4.17. The molecule has 0 radical (unpaired) electrons. The molecule has 2 atom stereocenters. The number of ether oxygens (including phenoxy) is 1. The lowest BCUT2D eigenvalue weighted by Crippen LogP contribution is -2.32.